The Bertz CT molecular complexity index is 3720. The van der Waals surface area contributed by atoms with Crippen molar-refractivity contribution in [3.05, 3.63) is 0 Å². The van der Waals surface area contributed by atoms with Crippen molar-refractivity contribution >= 4 is 5.97 Å². The molecule has 11 saturated heterocycles. The molecule has 818 valence electrons. The standard InChI is InChI=1S/C77H135N3O60/c1-75(117,16-89)63-36(95)19(91)3-31(132-63)122-21-4-77(74(115)116,121-15-29-42(101)43(102)32(79)65(130-29)119-13-20(92)35(94)34(93)18(78)5-81)140-64(76(2,118)17-90)59(21)136-71-55(114)60(137-68-52(111)46(105)39(98)24(8-84)125-68)58(135-73-62(48(107)41(100)26(10-86)127-73)138-66-33(80)44(103)37(96)22(6-82)123-66)30(131-71)14-120-72-61(47(106)40(99)25(9-85)126-72)139-70-54(113)50(109)57(28(12-88)129-70)134-69-53(112)49(108)56(27(11-87)128-69)133-67-51(110)45(104)38(97)23(7-83)124-67/h18-73,81-114,117-118H,3-17,78-80H2,1-2H3,(H,115,116)/t18-,19+,20+,21+,22+,23+,24+,25+,26+,27+,28+,29+,30+,31-,32+,33+,34+,35+,36+,37+,38-,39+,40+,41+,42+,43+,44+,45-,46-,47-,48-,49+,50+,51+,52+,53+,54+,55+,56-,57+,58+,59+,60+,61+,62+,63-,64-,65+,66+,67+,68-,69-,70+,71+,72+,73-,75-,76-,77+/m0/s1. The van der Waals surface area contributed by atoms with Crippen LogP contribution in [0.5, 0.6) is 0 Å². The van der Waals surface area contributed by atoms with E-state index in [0.29, 0.717) is 0 Å². The molecule has 11 fully saturated rings. The zero-order valence-corrected chi connectivity index (χ0v) is 74.6. The number of carboxylic acid groups (broad SMARTS) is 1. The zero-order valence-electron chi connectivity index (χ0n) is 74.6. The Morgan fingerprint density at radius 2 is 0.707 bits per heavy atom. The van der Waals surface area contributed by atoms with Gasteiger partial charge >= 0.3 is 5.97 Å². The highest BCUT2D eigenvalue weighted by molar-refractivity contribution is 5.76. The maximum absolute atomic E-state index is 14.4. The van der Waals surface area contributed by atoms with E-state index in [1.165, 1.54) is 0 Å². The number of rotatable bonds is 41. The molecule has 43 N–H and O–H groups in total. The number of aliphatic hydroxyl groups excluding tert-OH is 34. The first-order valence-electron chi connectivity index (χ1n) is 44.6. The van der Waals surface area contributed by atoms with E-state index < -0.39 is 465 Å². The minimum absolute atomic E-state index is 0.728. The first-order chi connectivity index (χ1) is 65.9. The van der Waals surface area contributed by atoms with E-state index in [1.54, 1.807) is 0 Å². The highest BCUT2D eigenvalue weighted by Crippen LogP contribution is 2.46. The Kier molecular flexibility index (Phi) is 41.8. The molecule has 59 atom stereocenters. The van der Waals surface area contributed by atoms with Gasteiger partial charge in [0.25, 0.3) is 5.79 Å². The SMILES string of the molecule is C[C@](O)(CO)[C@H]1O[C@H](O[C@@H]2C[C@](OC[C@H]3O[C@@H](OC[C@@H](O)[C@@H](O)[C@H](O)[C@@H](N)CO)[C@H](N)[C@@H](O)[C@@H]3O)(C(=O)O)O[C@H]([C@@](C)(O)CO)[C@@H]2O[C@H]2O[C@H](CO[C@@H]3O[C@H](CO)[C@@H](O)[C@H](O)[C@H]3O[C@H]3O[C@H](CO)[C@@H](O[C@@H]4O[C@H](CO)[C@H](O[C@H]5O[C@H](CO)[C@H](O)[C@H](O)[C@H]5O)[C@H](O)[C@H]4O)[C@H](O)[C@H]3O)[C@@H](O[C@@H]3O[C@H](CO)[C@@H](O)[C@H](O)[C@H]3O[C@H]3O[C@H](CO)[C@@H](O)[C@H](O)[C@H]3N)[C@H](O[C@@H]3O[C@H](CO)[C@@H](O)[C@H](O)[C@H]3O)[C@H]2O)C[C@@H](O)[C@H]1O. The Labute approximate surface area is 791 Å². The van der Waals surface area contributed by atoms with Crippen LogP contribution in [0, 0.1) is 0 Å². The summed E-state index contributed by atoms with van der Waals surface area (Å²) in [5, 5.41) is 413. The predicted octanol–water partition coefficient (Wildman–Crippen LogP) is -26.6. The van der Waals surface area contributed by atoms with Crippen molar-refractivity contribution in [1.29, 1.82) is 0 Å². The molecular formula is C77H135N3O60. The van der Waals surface area contributed by atoms with Gasteiger partial charge in [-0.2, -0.15) is 0 Å². The first kappa shape index (κ1) is 117. The normalized spacial score (nSPS) is 49.7. The number of carboxylic acids is 1. The summed E-state index contributed by atoms with van der Waals surface area (Å²) in [4.78, 5) is 14.4. The Hall–Kier alpha value is -2.97. The van der Waals surface area contributed by atoms with Crippen LogP contribution in [0.15, 0.2) is 0 Å². The number of aliphatic carboxylic acids is 1. The van der Waals surface area contributed by atoms with Crippen LogP contribution in [-0.2, 0) is 109 Å². The molecule has 63 nitrogen and oxygen atoms in total. The number of aliphatic hydroxyl groups is 36. The van der Waals surface area contributed by atoms with E-state index in [-0.39, 0.29) is 0 Å². The molecular weight excluding hydrogens is 1930 g/mol. The van der Waals surface area contributed by atoms with Gasteiger partial charge in [-0.15, -0.1) is 0 Å². The minimum atomic E-state index is -3.52. The molecule has 0 aromatic rings. The van der Waals surface area contributed by atoms with Crippen molar-refractivity contribution in [2.75, 3.05) is 85.9 Å². The minimum Gasteiger partial charge on any atom is -0.477 e. The van der Waals surface area contributed by atoms with Crippen LogP contribution in [0.25, 0.3) is 0 Å². The van der Waals surface area contributed by atoms with Gasteiger partial charge in [0.05, 0.1) is 122 Å². The van der Waals surface area contributed by atoms with Crippen LogP contribution >= 0.6 is 0 Å². The Morgan fingerprint density at radius 3 is 1.18 bits per heavy atom. The molecule has 11 rings (SSSR count). The summed E-state index contributed by atoms with van der Waals surface area (Å²) in [5.41, 5.74) is 12.4. The van der Waals surface area contributed by atoms with Gasteiger partial charge < -0.3 is 310 Å². The molecule has 0 radical (unpaired) electrons. The fraction of sp³-hybridized carbons (Fsp3) is 0.987. The average Bonchev–Trinajstić information content (AvgIpc) is 0.739. The molecule has 140 heavy (non-hydrogen) atoms. The fourth-order valence-corrected chi connectivity index (χ4v) is 17.7. The molecule has 11 aliphatic rings. The third-order valence-corrected chi connectivity index (χ3v) is 26.5. The predicted molar refractivity (Wildman–Crippen MR) is 428 cm³/mol. The van der Waals surface area contributed by atoms with Crippen molar-refractivity contribution in [3.8, 4) is 0 Å². The summed E-state index contributed by atoms with van der Waals surface area (Å²) in [7, 11) is 0. The molecule has 0 bridgehead atoms. The summed E-state index contributed by atoms with van der Waals surface area (Å²) in [6, 6.07) is -5.23. The molecule has 0 amide bonds. The van der Waals surface area contributed by atoms with Crippen LogP contribution in [0.3, 0.4) is 0 Å². The molecule has 0 saturated carbocycles. The summed E-state index contributed by atoms with van der Waals surface area (Å²) in [6.07, 6.45) is -122. The van der Waals surface area contributed by atoms with Crippen LogP contribution in [0.2, 0.25) is 0 Å². The third kappa shape index (κ3) is 25.1. The smallest absolute Gasteiger partial charge is 0.364 e. The second kappa shape index (κ2) is 49.9. The van der Waals surface area contributed by atoms with Gasteiger partial charge in [-0.05, 0) is 13.8 Å². The quantitative estimate of drug-likeness (QED) is 0.0270. The number of carbonyl (C=O) groups is 1. The van der Waals surface area contributed by atoms with Crippen LogP contribution in [0.1, 0.15) is 26.7 Å². The van der Waals surface area contributed by atoms with E-state index in [4.69, 9.17) is 121 Å². The largest absolute Gasteiger partial charge is 0.477 e. The maximum atomic E-state index is 14.4. The van der Waals surface area contributed by atoms with Gasteiger partial charge in [-0.3, -0.25) is 0 Å². The second-order valence-electron chi connectivity index (χ2n) is 36.5. The molecule has 11 heterocycles. The molecule has 11 aliphatic heterocycles. The van der Waals surface area contributed by atoms with E-state index >= 15 is 0 Å². The van der Waals surface area contributed by atoms with Crippen LogP contribution < -0.4 is 17.2 Å². The summed E-state index contributed by atoms with van der Waals surface area (Å²) in [5.74, 6) is -5.78. The lowest BCUT2D eigenvalue weighted by atomic mass is 9.85. The average molecular weight is 2060 g/mol. The lowest BCUT2D eigenvalue weighted by molar-refractivity contribution is -0.418. The summed E-state index contributed by atoms with van der Waals surface area (Å²) in [6.45, 7) is -14.3. The van der Waals surface area contributed by atoms with Gasteiger partial charge in [-0.1, -0.05) is 0 Å². The van der Waals surface area contributed by atoms with Crippen LogP contribution in [0.4, 0.5) is 0 Å². The van der Waals surface area contributed by atoms with Gasteiger partial charge in [0.2, 0.25) is 0 Å². The van der Waals surface area contributed by atoms with Crippen molar-refractivity contribution in [3.63, 3.8) is 0 Å². The van der Waals surface area contributed by atoms with E-state index in [2.05, 4.69) is 0 Å². The van der Waals surface area contributed by atoms with E-state index in [9.17, 15) is 194 Å². The van der Waals surface area contributed by atoms with Crippen LogP contribution in [-0.4, -0.2) is 641 Å². The topological polar surface area (TPSA) is 1050 Å². The molecule has 0 spiro atoms. The number of hydrogen-bond donors (Lipinski definition) is 40. The van der Waals surface area contributed by atoms with Crippen molar-refractivity contribution in [1.82, 2.24) is 0 Å². The Balaban J connectivity index is 0.991. The Morgan fingerprint density at radius 1 is 0.350 bits per heavy atom. The monoisotopic (exact) mass is 2060 g/mol. The highest BCUT2D eigenvalue weighted by Gasteiger charge is 2.66. The second-order valence-corrected chi connectivity index (χ2v) is 36.5. The zero-order chi connectivity index (χ0) is 104. The van der Waals surface area contributed by atoms with Crippen molar-refractivity contribution in [2.45, 2.75) is 387 Å². The molecule has 0 aliphatic carbocycles. The number of ether oxygens (including phenoxy) is 22. The first-order valence-corrected chi connectivity index (χ1v) is 44.6. The van der Waals surface area contributed by atoms with Crippen molar-refractivity contribution in [2.24, 2.45) is 17.2 Å². The van der Waals surface area contributed by atoms with E-state index in [0.717, 1.165) is 13.8 Å². The third-order valence-electron chi connectivity index (χ3n) is 26.5. The molecule has 0 aromatic heterocycles. The van der Waals surface area contributed by atoms with Gasteiger partial charge in [0, 0.05) is 12.8 Å². The fourth-order valence-electron chi connectivity index (χ4n) is 17.7. The summed E-state index contributed by atoms with van der Waals surface area (Å²) < 4.78 is 132. The lowest BCUT2D eigenvalue weighted by Gasteiger charge is -2.53. The van der Waals surface area contributed by atoms with E-state index in [1.807, 2.05) is 0 Å². The lowest BCUT2D eigenvalue weighted by Crippen LogP contribution is -2.71. The maximum Gasteiger partial charge on any atom is 0.364 e. The highest BCUT2D eigenvalue weighted by atomic mass is 16.8. The van der Waals surface area contributed by atoms with Gasteiger partial charge in [-0.25, -0.2) is 4.79 Å². The van der Waals surface area contributed by atoms with Gasteiger partial charge in [0.1, 0.15) is 255 Å². The number of hydrogen-bond acceptors (Lipinski definition) is 62. The van der Waals surface area contributed by atoms with Gasteiger partial charge in [0.15, 0.2) is 62.9 Å². The molecule has 63 heteroatoms. The number of nitrogens with two attached hydrogens (primary N) is 3. The molecule has 0 aromatic carbocycles. The molecule has 0 unspecified atom stereocenters. The van der Waals surface area contributed by atoms with Crippen molar-refractivity contribution < 1.29 is 298 Å². The summed E-state index contributed by atoms with van der Waals surface area (Å²) >= 11 is 0.